The number of anilines is 1. The zero-order valence-corrected chi connectivity index (χ0v) is 15.1. The van der Waals surface area contributed by atoms with Crippen molar-refractivity contribution in [2.24, 2.45) is 0 Å². The number of carbonyl (C=O) groups is 1. The number of benzene rings is 2. The van der Waals surface area contributed by atoms with E-state index in [1.807, 2.05) is 18.2 Å². The number of nitrogens with one attached hydrogen (secondary N) is 1. The van der Waals surface area contributed by atoms with Gasteiger partial charge in [-0.15, -0.1) is 0 Å². The van der Waals surface area contributed by atoms with Gasteiger partial charge >= 0.3 is 0 Å². The first-order valence-corrected chi connectivity index (χ1v) is 8.80. The van der Waals surface area contributed by atoms with Crippen LogP contribution in [-0.4, -0.2) is 11.2 Å². The molecular formula is C16H14Br2ClNO. The fourth-order valence-electron chi connectivity index (χ4n) is 1.95. The smallest absolute Gasteiger partial charge is 0.257 e. The van der Waals surface area contributed by atoms with Crippen LogP contribution >= 0.6 is 43.5 Å². The Morgan fingerprint density at radius 1 is 1.19 bits per heavy atom. The monoisotopic (exact) mass is 429 g/mol. The molecule has 0 bridgehead atoms. The van der Waals surface area contributed by atoms with Gasteiger partial charge in [-0.1, -0.05) is 55.6 Å². The Morgan fingerprint density at radius 2 is 2.00 bits per heavy atom. The fraction of sp³-hybridized carbons (Fsp3) is 0.188. The summed E-state index contributed by atoms with van der Waals surface area (Å²) >= 11 is 12.8. The van der Waals surface area contributed by atoms with Crippen molar-refractivity contribution in [3.8, 4) is 0 Å². The molecule has 0 atom stereocenters. The lowest BCUT2D eigenvalue weighted by molar-refractivity contribution is 0.102. The summed E-state index contributed by atoms with van der Waals surface area (Å²) in [6, 6.07) is 13.1. The van der Waals surface area contributed by atoms with Crippen LogP contribution in [0.4, 0.5) is 5.69 Å². The number of hydrogen-bond acceptors (Lipinski definition) is 1. The van der Waals surface area contributed by atoms with E-state index in [-0.39, 0.29) is 5.91 Å². The lowest BCUT2D eigenvalue weighted by Crippen LogP contribution is -2.12. The topological polar surface area (TPSA) is 29.1 Å². The molecule has 0 spiro atoms. The maximum absolute atomic E-state index is 12.3. The highest BCUT2D eigenvalue weighted by atomic mass is 79.9. The van der Waals surface area contributed by atoms with Crippen LogP contribution in [0.5, 0.6) is 0 Å². The highest BCUT2D eigenvalue weighted by Crippen LogP contribution is 2.22. The van der Waals surface area contributed by atoms with Crippen LogP contribution in [0.3, 0.4) is 0 Å². The van der Waals surface area contributed by atoms with E-state index in [0.717, 1.165) is 28.3 Å². The van der Waals surface area contributed by atoms with Gasteiger partial charge < -0.3 is 5.32 Å². The number of aryl methyl sites for hydroxylation is 1. The van der Waals surface area contributed by atoms with Crippen molar-refractivity contribution in [1.82, 2.24) is 0 Å². The van der Waals surface area contributed by atoms with Gasteiger partial charge in [0.15, 0.2) is 0 Å². The minimum Gasteiger partial charge on any atom is -0.322 e. The maximum atomic E-state index is 12.3. The number of hydrogen-bond donors (Lipinski definition) is 1. The number of amides is 1. The molecule has 5 heteroatoms. The number of halogens is 3. The molecule has 1 N–H and O–H groups in total. The van der Waals surface area contributed by atoms with Crippen LogP contribution in [-0.2, 0) is 6.42 Å². The zero-order chi connectivity index (χ0) is 15.2. The van der Waals surface area contributed by atoms with Crippen LogP contribution in [0.1, 0.15) is 22.3 Å². The van der Waals surface area contributed by atoms with Gasteiger partial charge in [0.1, 0.15) is 0 Å². The largest absolute Gasteiger partial charge is 0.322 e. The van der Waals surface area contributed by atoms with Gasteiger partial charge in [-0.05, 0) is 48.7 Å². The van der Waals surface area contributed by atoms with Crippen LogP contribution in [0.2, 0.25) is 5.02 Å². The molecule has 2 nitrogen and oxygen atoms in total. The number of carbonyl (C=O) groups excluding carboxylic acids is 1. The van der Waals surface area contributed by atoms with Gasteiger partial charge in [-0.2, -0.15) is 0 Å². The Labute approximate surface area is 146 Å². The first-order valence-electron chi connectivity index (χ1n) is 6.51. The van der Waals surface area contributed by atoms with E-state index in [0.29, 0.717) is 10.6 Å². The summed E-state index contributed by atoms with van der Waals surface area (Å²) in [5.74, 6) is -0.204. The summed E-state index contributed by atoms with van der Waals surface area (Å²) in [6.45, 7) is 0. The fourth-order valence-corrected chi connectivity index (χ4v) is 2.99. The maximum Gasteiger partial charge on any atom is 0.257 e. The Bertz CT molecular complexity index is 646. The van der Waals surface area contributed by atoms with Gasteiger partial charge in [0.25, 0.3) is 5.91 Å². The molecule has 2 rings (SSSR count). The molecule has 0 aliphatic rings. The summed E-state index contributed by atoms with van der Waals surface area (Å²) < 4.78 is 0.848. The molecule has 0 aliphatic carbocycles. The van der Waals surface area contributed by atoms with Gasteiger partial charge in [0.2, 0.25) is 0 Å². The predicted octanol–water partition coefficient (Wildman–Crippen LogP) is 5.68. The average molecular weight is 432 g/mol. The van der Waals surface area contributed by atoms with Crippen molar-refractivity contribution in [1.29, 1.82) is 0 Å². The molecule has 0 aromatic heterocycles. The Hall–Kier alpha value is -0.840. The second-order valence-electron chi connectivity index (χ2n) is 4.57. The lowest BCUT2D eigenvalue weighted by atomic mass is 10.1. The molecule has 110 valence electrons. The lowest BCUT2D eigenvalue weighted by Gasteiger charge is -2.08. The highest BCUT2D eigenvalue weighted by molar-refractivity contribution is 9.10. The summed E-state index contributed by atoms with van der Waals surface area (Å²) in [6.07, 6.45) is 2.05. The first-order chi connectivity index (χ1) is 10.1. The second-order valence-corrected chi connectivity index (χ2v) is 6.69. The van der Waals surface area contributed by atoms with Crippen molar-refractivity contribution in [3.63, 3.8) is 0 Å². The van der Waals surface area contributed by atoms with Crippen LogP contribution in [0, 0.1) is 0 Å². The van der Waals surface area contributed by atoms with Crippen molar-refractivity contribution < 1.29 is 4.79 Å². The first kappa shape index (κ1) is 16.5. The molecular weight excluding hydrogens is 417 g/mol. The van der Waals surface area contributed by atoms with Crippen molar-refractivity contribution in [2.45, 2.75) is 12.8 Å². The summed E-state index contributed by atoms with van der Waals surface area (Å²) in [5, 5.41) is 4.28. The van der Waals surface area contributed by atoms with Crippen molar-refractivity contribution in [3.05, 3.63) is 63.1 Å². The summed E-state index contributed by atoms with van der Waals surface area (Å²) in [7, 11) is 0. The minimum atomic E-state index is -0.204. The summed E-state index contributed by atoms with van der Waals surface area (Å²) in [4.78, 5) is 12.3. The molecule has 0 saturated carbocycles. The summed E-state index contributed by atoms with van der Waals surface area (Å²) in [5.41, 5.74) is 2.45. The Morgan fingerprint density at radius 3 is 2.71 bits per heavy atom. The molecule has 0 fully saturated rings. The third-order valence-corrected chi connectivity index (χ3v) is 4.33. The molecule has 0 radical (unpaired) electrons. The van der Waals surface area contributed by atoms with Gasteiger partial charge in [-0.3, -0.25) is 4.79 Å². The number of rotatable bonds is 5. The van der Waals surface area contributed by atoms with E-state index in [4.69, 9.17) is 11.6 Å². The molecule has 0 saturated heterocycles. The van der Waals surface area contributed by atoms with Crippen LogP contribution < -0.4 is 5.32 Å². The normalized spacial score (nSPS) is 10.4. The van der Waals surface area contributed by atoms with Gasteiger partial charge in [0, 0.05) is 15.5 Å². The molecule has 1 amide bonds. The zero-order valence-electron chi connectivity index (χ0n) is 11.2. The third kappa shape index (κ3) is 4.83. The molecule has 2 aromatic rings. The van der Waals surface area contributed by atoms with Crippen molar-refractivity contribution in [2.75, 3.05) is 10.6 Å². The van der Waals surface area contributed by atoms with E-state index in [2.05, 4.69) is 43.2 Å². The third-order valence-electron chi connectivity index (χ3n) is 2.96. The van der Waals surface area contributed by atoms with E-state index in [9.17, 15) is 4.79 Å². The SMILES string of the molecule is O=C(Nc1cccc(CCCBr)c1)c1ccc(Br)cc1Cl. The van der Waals surface area contributed by atoms with E-state index in [1.165, 1.54) is 5.56 Å². The molecule has 0 heterocycles. The molecule has 0 unspecified atom stereocenters. The van der Waals surface area contributed by atoms with Gasteiger partial charge in [0.05, 0.1) is 10.6 Å². The number of alkyl halides is 1. The molecule has 2 aromatic carbocycles. The Balaban J connectivity index is 2.12. The van der Waals surface area contributed by atoms with Gasteiger partial charge in [-0.25, -0.2) is 0 Å². The van der Waals surface area contributed by atoms with Crippen LogP contribution in [0.25, 0.3) is 0 Å². The predicted molar refractivity (Wildman–Crippen MR) is 95.7 cm³/mol. The standard InChI is InChI=1S/C16H14Br2ClNO/c17-8-2-4-11-3-1-5-13(9-11)20-16(21)14-7-6-12(18)10-15(14)19/h1,3,5-7,9-10H,2,4,8H2,(H,20,21). The average Bonchev–Trinajstić information content (AvgIpc) is 2.45. The Kier molecular flexibility index (Phi) is 6.27. The second kappa shape index (κ2) is 7.97. The van der Waals surface area contributed by atoms with E-state index < -0.39 is 0 Å². The van der Waals surface area contributed by atoms with E-state index in [1.54, 1.807) is 18.2 Å². The molecule has 21 heavy (non-hydrogen) atoms. The quantitative estimate of drug-likeness (QED) is 0.606. The van der Waals surface area contributed by atoms with E-state index >= 15 is 0 Å². The molecule has 0 aliphatic heterocycles. The highest BCUT2D eigenvalue weighted by Gasteiger charge is 2.11. The van der Waals surface area contributed by atoms with Crippen molar-refractivity contribution >= 4 is 55.1 Å². The van der Waals surface area contributed by atoms with Crippen LogP contribution in [0.15, 0.2) is 46.9 Å². The minimum absolute atomic E-state index is 0.204.